The van der Waals surface area contributed by atoms with Crippen molar-refractivity contribution in [1.29, 1.82) is 0 Å². The zero-order valence-corrected chi connectivity index (χ0v) is 8.84. The molecule has 0 radical (unpaired) electrons. The highest BCUT2D eigenvalue weighted by Gasteiger charge is 2.07. The van der Waals surface area contributed by atoms with Gasteiger partial charge in [-0.15, -0.1) is 0 Å². The van der Waals surface area contributed by atoms with Gasteiger partial charge in [0.25, 0.3) is 0 Å². The van der Waals surface area contributed by atoms with E-state index in [0.29, 0.717) is 0 Å². The Kier molecular flexibility index (Phi) is 2.25. The van der Waals surface area contributed by atoms with E-state index in [2.05, 4.69) is 26.1 Å². The van der Waals surface area contributed by atoms with Crippen molar-refractivity contribution in [3.63, 3.8) is 0 Å². The van der Waals surface area contributed by atoms with Gasteiger partial charge in [0, 0.05) is 9.86 Å². The van der Waals surface area contributed by atoms with E-state index in [1.165, 1.54) is 0 Å². The lowest BCUT2D eigenvalue weighted by Gasteiger charge is -1.93. The molecular formula is C9H8BrN3O. The zero-order chi connectivity index (χ0) is 10.1. The largest absolute Gasteiger partial charge is 0.369 e. The monoisotopic (exact) mass is 253 g/mol. The first-order valence-corrected chi connectivity index (χ1v) is 4.87. The molecule has 14 heavy (non-hydrogen) atoms. The number of amides is 1. The van der Waals surface area contributed by atoms with Gasteiger partial charge in [-0.3, -0.25) is 9.89 Å². The molecule has 0 atom stereocenters. The number of primary amides is 1. The van der Waals surface area contributed by atoms with Crippen LogP contribution in [0.25, 0.3) is 10.9 Å². The van der Waals surface area contributed by atoms with Gasteiger partial charge in [-0.1, -0.05) is 15.9 Å². The maximum absolute atomic E-state index is 10.7. The van der Waals surface area contributed by atoms with E-state index in [9.17, 15) is 4.79 Å². The Bertz CT molecular complexity index is 492. The van der Waals surface area contributed by atoms with E-state index in [-0.39, 0.29) is 12.3 Å². The number of nitrogens with two attached hydrogens (primary N) is 1. The molecule has 0 aliphatic rings. The summed E-state index contributed by atoms with van der Waals surface area (Å²) in [7, 11) is 0. The van der Waals surface area contributed by atoms with E-state index in [1.54, 1.807) is 0 Å². The first kappa shape index (κ1) is 9.21. The number of H-pyrrole nitrogens is 1. The fourth-order valence-electron chi connectivity index (χ4n) is 1.35. The summed E-state index contributed by atoms with van der Waals surface area (Å²) in [4.78, 5) is 10.7. The van der Waals surface area contributed by atoms with Gasteiger partial charge < -0.3 is 5.73 Å². The number of rotatable bonds is 2. The number of carbonyl (C=O) groups is 1. The summed E-state index contributed by atoms with van der Waals surface area (Å²) in [6, 6.07) is 5.69. The van der Waals surface area contributed by atoms with E-state index >= 15 is 0 Å². The smallest absolute Gasteiger partial charge is 0.223 e. The number of hydrogen-bond acceptors (Lipinski definition) is 2. The SMILES string of the molecule is NC(=O)Cc1[nH]nc2cc(Br)ccc12. The van der Waals surface area contributed by atoms with E-state index in [4.69, 9.17) is 5.73 Å². The van der Waals surface area contributed by atoms with Crippen LogP contribution in [-0.4, -0.2) is 16.1 Å². The lowest BCUT2D eigenvalue weighted by atomic mass is 10.2. The van der Waals surface area contributed by atoms with Gasteiger partial charge in [0.2, 0.25) is 5.91 Å². The summed E-state index contributed by atoms with van der Waals surface area (Å²) < 4.78 is 0.960. The molecule has 4 nitrogen and oxygen atoms in total. The lowest BCUT2D eigenvalue weighted by Crippen LogP contribution is -2.13. The van der Waals surface area contributed by atoms with E-state index in [1.807, 2.05) is 18.2 Å². The van der Waals surface area contributed by atoms with Crippen LogP contribution >= 0.6 is 15.9 Å². The van der Waals surface area contributed by atoms with Crippen LogP contribution in [0, 0.1) is 0 Å². The molecule has 0 unspecified atom stereocenters. The highest BCUT2D eigenvalue weighted by atomic mass is 79.9. The van der Waals surface area contributed by atoms with Crippen LogP contribution in [0.1, 0.15) is 5.69 Å². The second-order valence-corrected chi connectivity index (χ2v) is 3.92. The van der Waals surface area contributed by atoms with E-state index < -0.39 is 0 Å². The Hall–Kier alpha value is -1.36. The number of halogens is 1. The van der Waals surface area contributed by atoms with Crippen molar-refractivity contribution >= 4 is 32.7 Å². The second kappa shape index (κ2) is 3.42. The number of fused-ring (bicyclic) bond motifs is 1. The van der Waals surface area contributed by atoms with Crippen molar-refractivity contribution in [1.82, 2.24) is 10.2 Å². The molecule has 2 rings (SSSR count). The average molecular weight is 254 g/mol. The normalized spacial score (nSPS) is 10.6. The standard InChI is InChI=1S/C9H8BrN3O/c10-5-1-2-6-7(3-5)12-13-8(6)4-9(11)14/h1-3H,4H2,(H2,11,14)(H,12,13). The van der Waals surface area contributed by atoms with Crippen molar-refractivity contribution in [2.45, 2.75) is 6.42 Å². The van der Waals surface area contributed by atoms with Crippen LogP contribution in [0.15, 0.2) is 22.7 Å². The van der Waals surface area contributed by atoms with Gasteiger partial charge in [0.15, 0.2) is 0 Å². The summed E-state index contributed by atoms with van der Waals surface area (Å²) >= 11 is 3.35. The fraction of sp³-hybridized carbons (Fsp3) is 0.111. The molecule has 2 aromatic rings. The minimum Gasteiger partial charge on any atom is -0.369 e. The number of nitrogens with one attached hydrogen (secondary N) is 1. The van der Waals surface area contributed by atoms with Crippen molar-refractivity contribution in [2.75, 3.05) is 0 Å². The topological polar surface area (TPSA) is 71.8 Å². The molecule has 0 aliphatic heterocycles. The van der Waals surface area contributed by atoms with Gasteiger partial charge >= 0.3 is 0 Å². The third-order valence-corrected chi connectivity index (χ3v) is 2.44. The zero-order valence-electron chi connectivity index (χ0n) is 7.25. The Labute approximate surface area is 88.6 Å². The number of benzene rings is 1. The molecule has 0 fully saturated rings. The van der Waals surface area contributed by atoms with Crippen LogP contribution in [-0.2, 0) is 11.2 Å². The third kappa shape index (κ3) is 1.63. The van der Waals surface area contributed by atoms with Gasteiger partial charge in [-0.25, -0.2) is 0 Å². The van der Waals surface area contributed by atoms with Crippen LogP contribution in [0.4, 0.5) is 0 Å². The number of aromatic amines is 1. The summed E-state index contributed by atoms with van der Waals surface area (Å²) in [5, 5.41) is 7.81. The molecule has 3 N–H and O–H groups in total. The number of nitrogens with zero attached hydrogens (tertiary/aromatic N) is 1. The highest BCUT2D eigenvalue weighted by molar-refractivity contribution is 9.10. The maximum Gasteiger partial charge on any atom is 0.223 e. The van der Waals surface area contributed by atoms with E-state index in [0.717, 1.165) is 21.1 Å². The quantitative estimate of drug-likeness (QED) is 0.849. The first-order valence-electron chi connectivity index (χ1n) is 4.07. The van der Waals surface area contributed by atoms with Gasteiger partial charge in [-0.05, 0) is 18.2 Å². The molecule has 1 aromatic heterocycles. The number of aromatic nitrogens is 2. The summed E-state index contributed by atoms with van der Waals surface area (Å²) in [5.74, 6) is -0.363. The molecule has 0 spiro atoms. The van der Waals surface area contributed by atoms with Crippen LogP contribution in [0.5, 0.6) is 0 Å². The average Bonchev–Trinajstić information content (AvgIpc) is 2.47. The molecule has 72 valence electrons. The summed E-state index contributed by atoms with van der Waals surface area (Å²) in [6.45, 7) is 0. The Balaban J connectivity index is 2.52. The molecule has 1 heterocycles. The van der Waals surface area contributed by atoms with Gasteiger partial charge in [0.05, 0.1) is 17.6 Å². The summed E-state index contributed by atoms with van der Waals surface area (Å²) in [5.41, 5.74) is 6.70. The Morgan fingerprint density at radius 1 is 1.57 bits per heavy atom. The maximum atomic E-state index is 10.7. The minimum absolute atomic E-state index is 0.193. The van der Waals surface area contributed by atoms with Crippen molar-refractivity contribution in [2.24, 2.45) is 5.73 Å². The molecule has 0 saturated carbocycles. The summed E-state index contributed by atoms with van der Waals surface area (Å²) in [6.07, 6.45) is 0.193. The van der Waals surface area contributed by atoms with Crippen LogP contribution in [0.3, 0.4) is 0 Å². The predicted octanol–water partition coefficient (Wildman–Crippen LogP) is 1.35. The second-order valence-electron chi connectivity index (χ2n) is 3.01. The van der Waals surface area contributed by atoms with Crippen LogP contribution in [0.2, 0.25) is 0 Å². The highest BCUT2D eigenvalue weighted by Crippen LogP contribution is 2.20. The molecule has 1 aromatic carbocycles. The molecule has 0 aliphatic carbocycles. The van der Waals surface area contributed by atoms with Crippen molar-refractivity contribution < 1.29 is 4.79 Å². The first-order chi connectivity index (χ1) is 6.66. The molecular weight excluding hydrogens is 246 g/mol. The Morgan fingerprint density at radius 3 is 3.07 bits per heavy atom. The minimum atomic E-state index is -0.363. The van der Waals surface area contributed by atoms with Gasteiger partial charge in [-0.2, -0.15) is 5.10 Å². The number of hydrogen-bond donors (Lipinski definition) is 2. The third-order valence-electron chi connectivity index (χ3n) is 1.95. The van der Waals surface area contributed by atoms with Gasteiger partial charge in [0.1, 0.15) is 0 Å². The molecule has 0 saturated heterocycles. The van der Waals surface area contributed by atoms with Crippen molar-refractivity contribution in [3.05, 3.63) is 28.4 Å². The number of carbonyl (C=O) groups excluding carboxylic acids is 1. The lowest BCUT2D eigenvalue weighted by molar-refractivity contribution is -0.117. The molecule has 1 amide bonds. The predicted molar refractivity (Wildman–Crippen MR) is 56.7 cm³/mol. The van der Waals surface area contributed by atoms with Crippen molar-refractivity contribution in [3.8, 4) is 0 Å². The Morgan fingerprint density at radius 2 is 2.36 bits per heavy atom. The molecule has 0 bridgehead atoms. The fourth-order valence-corrected chi connectivity index (χ4v) is 1.70. The molecule has 5 heteroatoms. The van der Waals surface area contributed by atoms with Crippen LogP contribution < -0.4 is 5.73 Å².